The molecule has 1 aromatic carbocycles. The fourth-order valence-electron chi connectivity index (χ4n) is 1.60. The van der Waals surface area contributed by atoms with Crippen molar-refractivity contribution in [2.45, 2.75) is 19.9 Å². The number of halogens is 2. The van der Waals surface area contributed by atoms with Gasteiger partial charge in [-0.3, -0.25) is 0 Å². The number of aromatic nitrogens is 2. The molecule has 18 heavy (non-hydrogen) atoms. The zero-order valence-corrected chi connectivity index (χ0v) is 10.1. The first-order valence-electron chi connectivity index (χ1n) is 5.63. The zero-order chi connectivity index (χ0) is 13.1. The third-order valence-corrected chi connectivity index (χ3v) is 2.44. The molecule has 96 valence electrons. The van der Waals surface area contributed by atoms with Crippen molar-refractivity contribution in [1.29, 1.82) is 0 Å². The van der Waals surface area contributed by atoms with Gasteiger partial charge in [0.15, 0.2) is 0 Å². The van der Waals surface area contributed by atoms with Crippen molar-refractivity contribution >= 4 is 0 Å². The average Bonchev–Trinajstić information content (AvgIpc) is 2.77. The molecule has 0 fully saturated rings. The Balaban J connectivity index is 2.29. The highest BCUT2D eigenvalue weighted by atomic mass is 19.1. The molecule has 2 rings (SSSR count). The second kappa shape index (κ2) is 5.22. The molecule has 2 aromatic rings. The summed E-state index contributed by atoms with van der Waals surface area (Å²) in [7, 11) is 0. The molecule has 0 saturated carbocycles. The number of nitrogens with zero attached hydrogens (tertiary/aromatic N) is 2. The Morgan fingerprint density at radius 2 is 1.94 bits per heavy atom. The van der Waals surface area contributed by atoms with Crippen LogP contribution in [0.4, 0.5) is 8.78 Å². The summed E-state index contributed by atoms with van der Waals surface area (Å²) in [4.78, 5) is 4.11. The lowest BCUT2D eigenvalue weighted by Crippen LogP contribution is -2.17. The zero-order valence-electron chi connectivity index (χ0n) is 10.1. The van der Waals surface area contributed by atoms with Gasteiger partial charge in [-0.05, 0) is 25.6 Å². The summed E-state index contributed by atoms with van der Waals surface area (Å²) in [5, 5.41) is 6.82. The number of hydrogen-bond donors (Lipinski definition) is 1. The number of hydrogen-bond acceptors (Lipinski definition) is 4. The molecule has 0 amide bonds. The van der Waals surface area contributed by atoms with Crippen molar-refractivity contribution in [2.24, 2.45) is 0 Å². The molecule has 6 heteroatoms. The monoisotopic (exact) mass is 253 g/mol. The minimum atomic E-state index is -0.670. The Hall–Kier alpha value is -1.82. The van der Waals surface area contributed by atoms with E-state index in [2.05, 4.69) is 15.5 Å². The van der Waals surface area contributed by atoms with Gasteiger partial charge in [0.1, 0.15) is 11.6 Å². The summed E-state index contributed by atoms with van der Waals surface area (Å²) in [6.45, 7) is 4.58. The van der Waals surface area contributed by atoms with Crippen LogP contribution < -0.4 is 5.32 Å². The van der Waals surface area contributed by atoms with E-state index in [-0.39, 0.29) is 17.4 Å². The van der Waals surface area contributed by atoms with Crippen LogP contribution in [-0.2, 0) is 0 Å². The normalized spacial score (nSPS) is 12.7. The van der Waals surface area contributed by atoms with Gasteiger partial charge in [-0.2, -0.15) is 4.98 Å². The van der Waals surface area contributed by atoms with E-state index in [1.165, 1.54) is 0 Å². The van der Waals surface area contributed by atoms with Crippen LogP contribution in [0.2, 0.25) is 0 Å². The quantitative estimate of drug-likeness (QED) is 0.910. The maximum atomic E-state index is 13.1. The molecule has 0 radical (unpaired) electrons. The fraction of sp³-hybridized carbons (Fsp3) is 0.333. The molecule has 0 aliphatic rings. The first kappa shape index (κ1) is 12.6. The predicted molar refractivity (Wildman–Crippen MR) is 61.7 cm³/mol. The van der Waals surface area contributed by atoms with Crippen molar-refractivity contribution in [3.63, 3.8) is 0 Å². The summed E-state index contributed by atoms with van der Waals surface area (Å²) in [5.41, 5.74) is 0.256. The minimum Gasteiger partial charge on any atom is -0.337 e. The largest absolute Gasteiger partial charge is 0.337 e. The van der Waals surface area contributed by atoms with Crippen LogP contribution >= 0.6 is 0 Å². The predicted octanol–water partition coefficient (Wildman–Crippen LogP) is 2.69. The Labute approximate surface area is 103 Å². The van der Waals surface area contributed by atoms with Crippen molar-refractivity contribution in [2.75, 3.05) is 6.54 Å². The maximum absolute atomic E-state index is 13.1. The van der Waals surface area contributed by atoms with Gasteiger partial charge in [0.25, 0.3) is 0 Å². The van der Waals surface area contributed by atoms with E-state index in [1.807, 2.05) is 13.8 Å². The lowest BCUT2D eigenvalue weighted by Gasteiger charge is -2.05. The van der Waals surface area contributed by atoms with E-state index in [0.29, 0.717) is 5.89 Å². The van der Waals surface area contributed by atoms with E-state index in [1.54, 1.807) is 0 Å². The van der Waals surface area contributed by atoms with Gasteiger partial charge in [0, 0.05) is 11.6 Å². The topological polar surface area (TPSA) is 51.0 Å². The lowest BCUT2D eigenvalue weighted by atomic mass is 10.2. The van der Waals surface area contributed by atoms with Crippen LogP contribution in [0.25, 0.3) is 11.4 Å². The third-order valence-electron chi connectivity index (χ3n) is 2.44. The molecule has 0 aliphatic carbocycles. The standard InChI is InChI=1S/C12H13F2N3O/c1-3-15-7(2)12-16-11(17-18-12)8-4-9(13)6-10(14)5-8/h4-7,15H,3H2,1-2H3. The molecule has 1 unspecified atom stereocenters. The molecule has 1 heterocycles. The smallest absolute Gasteiger partial charge is 0.243 e. The third kappa shape index (κ3) is 2.70. The molecule has 0 aliphatic heterocycles. The maximum Gasteiger partial charge on any atom is 0.243 e. The van der Waals surface area contributed by atoms with E-state index in [9.17, 15) is 8.78 Å². The highest BCUT2D eigenvalue weighted by molar-refractivity contribution is 5.54. The minimum absolute atomic E-state index is 0.102. The summed E-state index contributed by atoms with van der Waals surface area (Å²) in [6, 6.07) is 3.02. The second-order valence-corrected chi connectivity index (χ2v) is 3.89. The lowest BCUT2D eigenvalue weighted by molar-refractivity contribution is 0.342. The van der Waals surface area contributed by atoms with Crippen molar-refractivity contribution < 1.29 is 13.3 Å². The average molecular weight is 253 g/mol. The van der Waals surface area contributed by atoms with Crippen molar-refractivity contribution in [3.8, 4) is 11.4 Å². The van der Waals surface area contributed by atoms with E-state index < -0.39 is 11.6 Å². The Morgan fingerprint density at radius 3 is 2.56 bits per heavy atom. The Morgan fingerprint density at radius 1 is 1.28 bits per heavy atom. The van der Waals surface area contributed by atoms with Crippen molar-refractivity contribution in [1.82, 2.24) is 15.5 Å². The molecule has 1 aromatic heterocycles. The van der Waals surface area contributed by atoms with Gasteiger partial charge in [-0.1, -0.05) is 12.1 Å². The second-order valence-electron chi connectivity index (χ2n) is 3.89. The van der Waals surface area contributed by atoms with E-state index in [0.717, 1.165) is 24.7 Å². The van der Waals surface area contributed by atoms with Crippen LogP contribution in [0, 0.1) is 11.6 Å². The van der Waals surface area contributed by atoms with Gasteiger partial charge in [-0.25, -0.2) is 8.78 Å². The van der Waals surface area contributed by atoms with Crippen LogP contribution in [0.1, 0.15) is 25.8 Å². The van der Waals surface area contributed by atoms with Crippen molar-refractivity contribution in [3.05, 3.63) is 35.7 Å². The van der Waals surface area contributed by atoms with E-state index in [4.69, 9.17) is 4.52 Å². The van der Waals surface area contributed by atoms with Gasteiger partial charge >= 0.3 is 0 Å². The van der Waals surface area contributed by atoms with Crippen LogP contribution in [0.15, 0.2) is 22.7 Å². The molecule has 1 atom stereocenters. The van der Waals surface area contributed by atoms with E-state index >= 15 is 0 Å². The molecular weight excluding hydrogens is 240 g/mol. The Kier molecular flexibility index (Phi) is 3.66. The first-order valence-corrected chi connectivity index (χ1v) is 5.63. The highest BCUT2D eigenvalue weighted by Crippen LogP contribution is 2.20. The summed E-state index contributed by atoms with van der Waals surface area (Å²) in [5.74, 6) is -0.781. The number of rotatable bonds is 4. The van der Waals surface area contributed by atoms with Crippen LogP contribution in [0.5, 0.6) is 0 Å². The number of nitrogens with one attached hydrogen (secondary N) is 1. The Bertz CT molecular complexity index is 522. The molecule has 1 N–H and O–H groups in total. The van der Waals surface area contributed by atoms with Gasteiger partial charge in [-0.15, -0.1) is 0 Å². The molecule has 0 spiro atoms. The molecular formula is C12H13F2N3O. The SMILES string of the molecule is CCNC(C)c1nc(-c2cc(F)cc(F)c2)no1. The number of benzene rings is 1. The molecule has 4 nitrogen and oxygen atoms in total. The highest BCUT2D eigenvalue weighted by Gasteiger charge is 2.15. The van der Waals surface area contributed by atoms with Crippen LogP contribution in [-0.4, -0.2) is 16.7 Å². The fourth-order valence-corrected chi connectivity index (χ4v) is 1.60. The van der Waals surface area contributed by atoms with Gasteiger partial charge in [0.2, 0.25) is 11.7 Å². The van der Waals surface area contributed by atoms with Crippen LogP contribution in [0.3, 0.4) is 0 Å². The van der Waals surface area contributed by atoms with Gasteiger partial charge in [0.05, 0.1) is 6.04 Å². The first-order chi connectivity index (χ1) is 8.60. The summed E-state index contributed by atoms with van der Waals surface area (Å²) >= 11 is 0. The molecule has 0 saturated heterocycles. The van der Waals surface area contributed by atoms with Gasteiger partial charge < -0.3 is 9.84 Å². The summed E-state index contributed by atoms with van der Waals surface area (Å²) < 4.78 is 31.2. The molecule has 0 bridgehead atoms. The summed E-state index contributed by atoms with van der Waals surface area (Å²) in [6.07, 6.45) is 0.